The third-order valence-electron chi connectivity index (χ3n) is 4.37. The van der Waals surface area contributed by atoms with Crippen molar-refractivity contribution in [2.45, 2.75) is 43.7 Å². The van der Waals surface area contributed by atoms with Gasteiger partial charge in [0.25, 0.3) is 0 Å². The lowest BCUT2D eigenvalue weighted by Gasteiger charge is -2.28. The van der Waals surface area contributed by atoms with E-state index >= 15 is 0 Å². The second-order valence-electron chi connectivity index (χ2n) is 6.39. The molecular weight excluding hydrogens is 342 g/mol. The molecule has 3 rings (SSSR count). The number of anilines is 1. The van der Waals surface area contributed by atoms with Crippen LogP contribution < -0.4 is 5.32 Å². The van der Waals surface area contributed by atoms with Gasteiger partial charge in [-0.1, -0.05) is 11.2 Å². The molecule has 0 radical (unpaired) electrons. The van der Waals surface area contributed by atoms with Crippen LogP contribution >= 0.6 is 0 Å². The number of sulfonamides is 1. The normalized spacial score (nSPS) is 18.2. The number of aliphatic hydroxyl groups excluding tert-OH is 1. The average Bonchev–Trinajstić information content (AvgIpc) is 3.02. The van der Waals surface area contributed by atoms with Crippen molar-refractivity contribution in [3.05, 3.63) is 41.8 Å². The van der Waals surface area contributed by atoms with Gasteiger partial charge in [0.2, 0.25) is 10.0 Å². The van der Waals surface area contributed by atoms with Crippen molar-refractivity contribution in [2.75, 3.05) is 18.4 Å². The fourth-order valence-corrected chi connectivity index (χ4v) is 4.41. The summed E-state index contributed by atoms with van der Waals surface area (Å²) in [6.07, 6.45) is 0.533. The molecule has 1 unspecified atom stereocenters. The van der Waals surface area contributed by atoms with Gasteiger partial charge >= 0.3 is 0 Å². The van der Waals surface area contributed by atoms with Gasteiger partial charge in [0.05, 0.1) is 17.0 Å². The number of benzene rings is 1. The van der Waals surface area contributed by atoms with Crippen LogP contribution in [-0.4, -0.2) is 42.2 Å². The molecule has 136 valence electrons. The number of hydrogen-bond donors (Lipinski definition) is 2. The quantitative estimate of drug-likeness (QED) is 0.844. The number of aryl methyl sites for hydroxylation is 1. The van der Waals surface area contributed by atoms with Crippen molar-refractivity contribution in [1.29, 1.82) is 0 Å². The van der Waals surface area contributed by atoms with E-state index in [9.17, 15) is 13.5 Å². The second-order valence-corrected chi connectivity index (χ2v) is 8.33. The van der Waals surface area contributed by atoms with Crippen LogP contribution in [-0.2, 0) is 10.0 Å². The van der Waals surface area contributed by atoms with E-state index in [0.717, 1.165) is 11.5 Å². The van der Waals surface area contributed by atoms with Crippen LogP contribution in [0.1, 0.15) is 37.3 Å². The van der Waals surface area contributed by atoms with Gasteiger partial charge < -0.3 is 14.9 Å². The lowest BCUT2D eigenvalue weighted by atomic mass is 10.1. The molecule has 0 amide bonds. The third-order valence-corrected chi connectivity index (χ3v) is 6.26. The number of piperidine rings is 1. The van der Waals surface area contributed by atoms with E-state index < -0.39 is 16.1 Å². The molecule has 2 heterocycles. The van der Waals surface area contributed by atoms with Crippen LogP contribution in [0, 0.1) is 6.92 Å². The molecule has 0 saturated carbocycles. The largest absolute Gasteiger partial charge is 0.393 e. The van der Waals surface area contributed by atoms with E-state index in [-0.39, 0.29) is 10.9 Å². The molecule has 8 heteroatoms. The number of aromatic nitrogens is 1. The third kappa shape index (κ3) is 4.02. The van der Waals surface area contributed by atoms with Gasteiger partial charge in [-0.3, -0.25) is 0 Å². The Bertz CT molecular complexity index is 826. The molecule has 2 aromatic rings. The zero-order chi connectivity index (χ0) is 18.0. The summed E-state index contributed by atoms with van der Waals surface area (Å²) in [5.41, 5.74) is 1.46. The molecule has 25 heavy (non-hydrogen) atoms. The lowest BCUT2D eigenvalue weighted by Crippen LogP contribution is -2.40. The van der Waals surface area contributed by atoms with Crippen LogP contribution in [0.5, 0.6) is 0 Å². The van der Waals surface area contributed by atoms with Crippen molar-refractivity contribution in [2.24, 2.45) is 0 Å². The van der Waals surface area contributed by atoms with E-state index in [1.54, 1.807) is 18.2 Å². The van der Waals surface area contributed by atoms with Gasteiger partial charge in [-0.05, 0) is 44.9 Å². The maximum Gasteiger partial charge on any atom is 0.243 e. The van der Waals surface area contributed by atoms with Crippen molar-refractivity contribution >= 4 is 15.7 Å². The second kappa shape index (κ2) is 7.15. The first-order valence-electron chi connectivity index (χ1n) is 8.34. The molecule has 1 aromatic heterocycles. The van der Waals surface area contributed by atoms with Crippen LogP contribution in [0.2, 0.25) is 0 Å². The van der Waals surface area contributed by atoms with Gasteiger partial charge in [-0.25, -0.2) is 8.42 Å². The average molecular weight is 365 g/mol. The Hall–Kier alpha value is -1.90. The predicted molar refractivity (Wildman–Crippen MR) is 93.7 cm³/mol. The molecule has 1 fully saturated rings. The number of aliphatic hydroxyl groups is 1. The van der Waals surface area contributed by atoms with Crippen molar-refractivity contribution in [3.8, 4) is 0 Å². The first kappa shape index (κ1) is 17.9. The van der Waals surface area contributed by atoms with Crippen molar-refractivity contribution < 1.29 is 18.0 Å². The topological polar surface area (TPSA) is 95.7 Å². The van der Waals surface area contributed by atoms with Crippen LogP contribution in [0.3, 0.4) is 0 Å². The van der Waals surface area contributed by atoms with Crippen molar-refractivity contribution in [3.63, 3.8) is 0 Å². The fourth-order valence-electron chi connectivity index (χ4n) is 2.89. The highest BCUT2D eigenvalue weighted by Gasteiger charge is 2.28. The summed E-state index contributed by atoms with van der Waals surface area (Å²) in [5, 5.41) is 16.8. The summed E-state index contributed by atoms with van der Waals surface area (Å²) in [7, 11) is -3.56. The smallest absolute Gasteiger partial charge is 0.243 e. The van der Waals surface area contributed by atoms with E-state index in [1.807, 2.05) is 26.0 Å². The molecule has 1 atom stereocenters. The number of hydrogen-bond acceptors (Lipinski definition) is 6. The highest BCUT2D eigenvalue weighted by atomic mass is 32.2. The van der Waals surface area contributed by atoms with Crippen LogP contribution in [0.25, 0.3) is 0 Å². The minimum atomic E-state index is -3.56. The maximum absolute atomic E-state index is 12.8. The van der Waals surface area contributed by atoms with Crippen LogP contribution in [0.15, 0.2) is 39.8 Å². The minimum absolute atomic E-state index is 0.111. The molecule has 2 N–H and O–H groups in total. The van der Waals surface area contributed by atoms with Gasteiger partial charge in [-0.2, -0.15) is 4.31 Å². The SMILES string of the molecule is Cc1cc(C(C)Nc2cccc(S(=O)(=O)N3CCC(O)CC3)c2)no1. The zero-order valence-electron chi connectivity index (χ0n) is 14.3. The Morgan fingerprint density at radius 1 is 1.32 bits per heavy atom. The Morgan fingerprint density at radius 2 is 2.04 bits per heavy atom. The minimum Gasteiger partial charge on any atom is -0.393 e. The van der Waals surface area contributed by atoms with E-state index in [1.165, 1.54) is 4.31 Å². The van der Waals surface area contributed by atoms with Gasteiger partial charge in [-0.15, -0.1) is 0 Å². The first-order chi connectivity index (χ1) is 11.9. The summed E-state index contributed by atoms with van der Waals surface area (Å²) in [4.78, 5) is 0.248. The summed E-state index contributed by atoms with van der Waals surface area (Å²) in [6.45, 7) is 4.45. The van der Waals surface area contributed by atoms with E-state index in [0.29, 0.717) is 31.6 Å². The van der Waals surface area contributed by atoms with E-state index in [4.69, 9.17) is 4.52 Å². The standard InChI is InChI=1S/C17H23N3O4S/c1-12-10-17(19-24-12)13(2)18-14-4-3-5-16(11-14)25(22,23)20-8-6-15(21)7-9-20/h3-5,10-11,13,15,18,21H,6-9H2,1-2H3. The molecule has 1 saturated heterocycles. The summed E-state index contributed by atoms with van der Waals surface area (Å²) < 4.78 is 32.1. The highest BCUT2D eigenvalue weighted by molar-refractivity contribution is 7.89. The van der Waals surface area contributed by atoms with E-state index in [2.05, 4.69) is 10.5 Å². The predicted octanol–water partition coefficient (Wildman–Crippen LogP) is 2.30. The summed E-state index contributed by atoms with van der Waals surface area (Å²) in [5.74, 6) is 0.729. The number of rotatable bonds is 5. The molecule has 0 spiro atoms. The van der Waals surface area contributed by atoms with Crippen LogP contribution in [0.4, 0.5) is 5.69 Å². The van der Waals surface area contributed by atoms with Gasteiger partial charge in [0.15, 0.2) is 0 Å². The Morgan fingerprint density at radius 3 is 2.68 bits per heavy atom. The Balaban J connectivity index is 1.76. The fraction of sp³-hybridized carbons (Fsp3) is 0.471. The highest BCUT2D eigenvalue weighted by Crippen LogP contribution is 2.25. The Kier molecular flexibility index (Phi) is 5.12. The number of nitrogens with zero attached hydrogens (tertiary/aromatic N) is 2. The molecular formula is C17H23N3O4S. The monoisotopic (exact) mass is 365 g/mol. The zero-order valence-corrected chi connectivity index (χ0v) is 15.2. The van der Waals surface area contributed by atoms with Gasteiger partial charge in [0, 0.05) is 24.8 Å². The van der Waals surface area contributed by atoms with Gasteiger partial charge in [0.1, 0.15) is 11.5 Å². The summed E-state index contributed by atoms with van der Waals surface area (Å²) >= 11 is 0. The summed E-state index contributed by atoms with van der Waals surface area (Å²) in [6, 6.07) is 8.50. The molecule has 0 bridgehead atoms. The molecule has 1 aliphatic heterocycles. The molecule has 1 aromatic carbocycles. The van der Waals surface area contributed by atoms with Crippen molar-refractivity contribution in [1.82, 2.24) is 9.46 Å². The first-order valence-corrected chi connectivity index (χ1v) is 9.78. The number of nitrogens with one attached hydrogen (secondary N) is 1. The molecule has 1 aliphatic rings. The molecule has 0 aliphatic carbocycles. The molecule has 7 nitrogen and oxygen atoms in total. The maximum atomic E-state index is 12.8. The lowest BCUT2D eigenvalue weighted by molar-refractivity contribution is 0.113. The Labute approximate surface area is 147 Å².